The van der Waals surface area contributed by atoms with Gasteiger partial charge in [0.05, 0.1) is 4.90 Å². The van der Waals surface area contributed by atoms with Gasteiger partial charge in [-0.2, -0.15) is 5.10 Å². The van der Waals surface area contributed by atoms with E-state index >= 15 is 0 Å². The first-order chi connectivity index (χ1) is 10.0. The summed E-state index contributed by atoms with van der Waals surface area (Å²) in [6.45, 7) is 1.25. The lowest BCUT2D eigenvalue weighted by molar-refractivity contribution is 0.318. The van der Waals surface area contributed by atoms with Crippen LogP contribution in [-0.4, -0.2) is 38.4 Å². The Kier molecular flexibility index (Phi) is 4.81. The topological polar surface area (TPSA) is 85.2 Å². The zero-order chi connectivity index (χ0) is 15.3. The van der Waals surface area contributed by atoms with Crippen molar-refractivity contribution in [2.75, 3.05) is 24.9 Å². The van der Waals surface area contributed by atoms with Gasteiger partial charge in [0.1, 0.15) is 12.4 Å². The number of aryl methyl sites for hydroxylation is 1. The van der Waals surface area contributed by atoms with Gasteiger partial charge < -0.3 is 10.1 Å². The summed E-state index contributed by atoms with van der Waals surface area (Å²) in [6.07, 6.45) is 1.66. The van der Waals surface area contributed by atoms with Gasteiger partial charge in [0, 0.05) is 25.9 Å². The molecule has 0 aliphatic carbocycles. The summed E-state index contributed by atoms with van der Waals surface area (Å²) < 4.78 is 33.7. The third-order valence-corrected chi connectivity index (χ3v) is 4.08. The quantitative estimate of drug-likeness (QED) is 0.740. The van der Waals surface area contributed by atoms with E-state index in [0.717, 1.165) is 6.54 Å². The monoisotopic (exact) mass is 310 g/mol. The highest BCUT2D eigenvalue weighted by molar-refractivity contribution is 7.92. The molecular formula is C13H18N4O3S. The van der Waals surface area contributed by atoms with Crippen LogP contribution in [0, 0.1) is 0 Å². The number of rotatable bonds is 7. The molecule has 0 radical (unpaired) electrons. The number of aromatic nitrogens is 2. The molecule has 0 saturated heterocycles. The largest absolute Gasteiger partial charge is 0.492 e. The van der Waals surface area contributed by atoms with Crippen LogP contribution in [0.3, 0.4) is 0 Å². The minimum absolute atomic E-state index is 0.161. The Morgan fingerprint density at radius 3 is 2.52 bits per heavy atom. The summed E-state index contributed by atoms with van der Waals surface area (Å²) in [5.41, 5.74) is 0. The summed E-state index contributed by atoms with van der Waals surface area (Å²) in [4.78, 5) is 0.161. The lowest BCUT2D eigenvalue weighted by atomic mass is 10.3. The minimum Gasteiger partial charge on any atom is -0.492 e. The van der Waals surface area contributed by atoms with E-state index in [-0.39, 0.29) is 10.7 Å². The lowest BCUT2D eigenvalue weighted by Gasteiger charge is -2.08. The van der Waals surface area contributed by atoms with Crippen LogP contribution >= 0.6 is 0 Å². The summed E-state index contributed by atoms with van der Waals surface area (Å²) >= 11 is 0. The Morgan fingerprint density at radius 1 is 1.24 bits per heavy atom. The van der Waals surface area contributed by atoms with Crippen LogP contribution in [-0.2, 0) is 17.1 Å². The molecule has 8 heteroatoms. The molecule has 0 saturated carbocycles. The number of benzene rings is 1. The van der Waals surface area contributed by atoms with Crippen molar-refractivity contribution in [3.05, 3.63) is 36.5 Å². The van der Waals surface area contributed by atoms with Crippen molar-refractivity contribution < 1.29 is 13.2 Å². The molecule has 0 amide bonds. The highest BCUT2D eigenvalue weighted by atomic mass is 32.2. The Labute approximate surface area is 124 Å². The Hall–Kier alpha value is -2.06. The number of likely N-dealkylation sites (N-methyl/N-ethyl adjacent to an activating group) is 1. The standard InChI is InChI=1S/C13H18N4O3S/c1-14-8-10-20-11-3-5-12(6-4-11)21(18,19)16-13-7-9-17(2)15-13/h3-7,9,14H,8,10H2,1-2H3,(H,15,16). The zero-order valence-corrected chi connectivity index (χ0v) is 12.7. The fraction of sp³-hybridized carbons (Fsp3) is 0.308. The summed E-state index contributed by atoms with van der Waals surface area (Å²) in [5, 5.41) is 6.95. The molecule has 114 valence electrons. The van der Waals surface area contributed by atoms with Crippen molar-refractivity contribution in [2.45, 2.75) is 4.90 Å². The molecule has 2 aromatic rings. The van der Waals surface area contributed by atoms with E-state index < -0.39 is 10.0 Å². The summed E-state index contributed by atoms with van der Waals surface area (Å²) in [7, 11) is -0.0827. The predicted molar refractivity (Wildman–Crippen MR) is 79.9 cm³/mol. The number of nitrogens with one attached hydrogen (secondary N) is 2. The van der Waals surface area contributed by atoms with Gasteiger partial charge in [0.15, 0.2) is 5.82 Å². The zero-order valence-electron chi connectivity index (χ0n) is 11.9. The average molecular weight is 310 g/mol. The van der Waals surface area contributed by atoms with Crippen molar-refractivity contribution in [1.29, 1.82) is 0 Å². The van der Waals surface area contributed by atoms with Gasteiger partial charge in [-0.1, -0.05) is 0 Å². The first-order valence-corrected chi connectivity index (χ1v) is 7.89. The average Bonchev–Trinajstić information content (AvgIpc) is 2.84. The molecule has 0 spiro atoms. The third kappa shape index (κ3) is 4.20. The fourth-order valence-corrected chi connectivity index (χ4v) is 2.65. The van der Waals surface area contributed by atoms with E-state index in [2.05, 4.69) is 15.1 Å². The molecule has 2 N–H and O–H groups in total. The van der Waals surface area contributed by atoms with Crippen LogP contribution in [0.4, 0.5) is 5.82 Å². The van der Waals surface area contributed by atoms with E-state index in [1.165, 1.54) is 16.8 Å². The maximum absolute atomic E-state index is 12.2. The van der Waals surface area contributed by atoms with Gasteiger partial charge in [0.25, 0.3) is 10.0 Å². The second-order valence-electron chi connectivity index (χ2n) is 4.40. The maximum atomic E-state index is 12.2. The SMILES string of the molecule is CNCCOc1ccc(S(=O)(=O)Nc2ccn(C)n2)cc1. The fourth-order valence-electron chi connectivity index (χ4n) is 1.65. The maximum Gasteiger partial charge on any atom is 0.263 e. The van der Waals surface area contributed by atoms with Crippen molar-refractivity contribution in [1.82, 2.24) is 15.1 Å². The minimum atomic E-state index is -3.64. The van der Waals surface area contributed by atoms with Crippen molar-refractivity contribution in [3.63, 3.8) is 0 Å². The van der Waals surface area contributed by atoms with Crippen LogP contribution < -0.4 is 14.8 Å². The number of anilines is 1. The van der Waals surface area contributed by atoms with Gasteiger partial charge in [-0.05, 0) is 31.3 Å². The number of hydrogen-bond acceptors (Lipinski definition) is 5. The van der Waals surface area contributed by atoms with Crippen LogP contribution in [0.1, 0.15) is 0 Å². The number of sulfonamides is 1. The van der Waals surface area contributed by atoms with E-state index in [4.69, 9.17) is 4.74 Å². The highest BCUT2D eigenvalue weighted by Crippen LogP contribution is 2.18. The number of ether oxygens (including phenoxy) is 1. The molecular weight excluding hydrogens is 292 g/mol. The van der Waals surface area contributed by atoms with Gasteiger partial charge in [-0.15, -0.1) is 0 Å². The molecule has 0 atom stereocenters. The van der Waals surface area contributed by atoms with Gasteiger partial charge in [-0.3, -0.25) is 9.40 Å². The van der Waals surface area contributed by atoms with Crippen molar-refractivity contribution in [2.24, 2.45) is 7.05 Å². The molecule has 0 fully saturated rings. The predicted octanol–water partition coefficient (Wildman–Crippen LogP) is 0.819. The van der Waals surface area contributed by atoms with Crippen molar-refractivity contribution >= 4 is 15.8 Å². The van der Waals surface area contributed by atoms with Gasteiger partial charge in [-0.25, -0.2) is 8.42 Å². The van der Waals surface area contributed by atoms with Crippen LogP contribution in [0.5, 0.6) is 5.75 Å². The van der Waals surface area contributed by atoms with Crippen molar-refractivity contribution in [3.8, 4) is 5.75 Å². The van der Waals surface area contributed by atoms with E-state index in [9.17, 15) is 8.42 Å². The van der Waals surface area contributed by atoms with Gasteiger partial charge >= 0.3 is 0 Å². The van der Waals surface area contributed by atoms with Crippen LogP contribution in [0.2, 0.25) is 0 Å². The molecule has 21 heavy (non-hydrogen) atoms. The summed E-state index contributed by atoms with van der Waals surface area (Å²) in [5.74, 6) is 0.911. The first kappa shape index (κ1) is 15.3. The molecule has 2 rings (SSSR count). The number of nitrogens with zero attached hydrogens (tertiary/aromatic N) is 2. The Morgan fingerprint density at radius 2 is 1.95 bits per heavy atom. The second kappa shape index (κ2) is 6.59. The van der Waals surface area contributed by atoms with E-state index in [1.54, 1.807) is 31.4 Å². The molecule has 1 aromatic heterocycles. The van der Waals surface area contributed by atoms with E-state index in [1.807, 2.05) is 7.05 Å². The Balaban J connectivity index is 2.06. The Bertz CT molecular complexity index is 680. The first-order valence-electron chi connectivity index (χ1n) is 6.41. The molecule has 0 unspecified atom stereocenters. The highest BCUT2D eigenvalue weighted by Gasteiger charge is 2.15. The second-order valence-corrected chi connectivity index (χ2v) is 6.09. The summed E-state index contributed by atoms with van der Waals surface area (Å²) in [6, 6.07) is 7.85. The molecule has 0 aliphatic rings. The molecule has 0 aliphatic heterocycles. The van der Waals surface area contributed by atoms with Crippen LogP contribution in [0.15, 0.2) is 41.4 Å². The molecule has 1 aromatic carbocycles. The number of hydrogen-bond donors (Lipinski definition) is 2. The van der Waals surface area contributed by atoms with Crippen LogP contribution in [0.25, 0.3) is 0 Å². The smallest absolute Gasteiger partial charge is 0.263 e. The normalized spacial score (nSPS) is 11.3. The molecule has 7 nitrogen and oxygen atoms in total. The molecule has 1 heterocycles. The third-order valence-electron chi connectivity index (χ3n) is 2.71. The lowest BCUT2D eigenvalue weighted by Crippen LogP contribution is -2.16. The molecule has 0 bridgehead atoms. The van der Waals surface area contributed by atoms with Gasteiger partial charge in [0.2, 0.25) is 0 Å². The van der Waals surface area contributed by atoms with E-state index in [0.29, 0.717) is 12.4 Å².